The van der Waals surface area contributed by atoms with E-state index in [1.54, 1.807) is 18.3 Å². The molecule has 1 heterocycles. The minimum Gasteiger partial charge on any atom is -0.481 e. The summed E-state index contributed by atoms with van der Waals surface area (Å²) in [4.78, 5) is 15.0. The number of fused-ring (bicyclic) bond motifs is 1. The van der Waals surface area contributed by atoms with Gasteiger partial charge in [-0.15, -0.1) is 0 Å². The van der Waals surface area contributed by atoms with Gasteiger partial charge in [0.1, 0.15) is 0 Å². The SMILES string of the molecule is Cc1[nH]c2ccccc2c1/C=N/NC(=O)COc1ccccc1F. The number of hydrogen-bond donors (Lipinski definition) is 2. The van der Waals surface area contributed by atoms with Crippen molar-refractivity contribution in [1.29, 1.82) is 0 Å². The van der Waals surface area contributed by atoms with Crippen LogP contribution in [0.15, 0.2) is 53.6 Å². The Balaban J connectivity index is 1.60. The van der Waals surface area contributed by atoms with Crippen LogP contribution in [0.3, 0.4) is 0 Å². The number of aryl methyl sites for hydroxylation is 1. The molecule has 0 radical (unpaired) electrons. The monoisotopic (exact) mass is 325 g/mol. The zero-order valence-electron chi connectivity index (χ0n) is 13.0. The van der Waals surface area contributed by atoms with Crippen LogP contribution in [-0.4, -0.2) is 23.7 Å². The van der Waals surface area contributed by atoms with Gasteiger partial charge in [-0.05, 0) is 25.1 Å². The van der Waals surface area contributed by atoms with Gasteiger partial charge in [0.15, 0.2) is 18.2 Å². The van der Waals surface area contributed by atoms with E-state index in [1.807, 2.05) is 31.2 Å². The van der Waals surface area contributed by atoms with E-state index >= 15 is 0 Å². The fourth-order valence-electron chi connectivity index (χ4n) is 2.37. The molecule has 0 unspecified atom stereocenters. The molecule has 1 aromatic heterocycles. The number of nitrogens with zero attached hydrogens (tertiary/aromatic N) is 1. The third-order valence-corrected chi connectivity index (χ3v) is 3.52. The molecule has 122 valence electrons. The molecule has 0 fully saturated rings. The van der Waals surface area contributed by atoms with Gasteiger partial charge in [-0.2, -0.15) is 5.10 Å². The van der Waals surface area contributed by atoms with Gasteiger partial charge in [-0.3, -0.25) is 4.79 Å². The number of amides is 1. The number of H-pyrrole nitrogens is 1. The molecular weight excluding hydrogens is 309 g/mol. The number of aromatic amines is 1. The van der Waals surface area contributed by atoms with Crippen molar-refractivity contribution in [3.05, 3.63) is 65.6 Å². The molecule has 0 atom stereocenters. The number of hydrazone groups is 1. The predicted octanol–water partition coefficient (Wildman–Crippen LogP) is 3.14. The van der Waals surface area contributed by atoms with Crippen LogP contribution in [0.2, 0.25) is 0 Å². The Kier molecular flexibility index (Phi) is 4.56. The Morgan fingerprint density at radius 2 is 2.00 bits per heavy atom. The zero-order chi connectivity index (χ0) is 16.9. The molecule has 6 heteroatoms. The molecule has 0 aliphatic rings. The smallest absolute Gasteiger partial charge is 0.277 e. The van der Waals surface area contributed by atoms with Crippen LogP contribution in [0.1, 0.15) is 11.3 Å². The van der Waals surface area contributed by atoms with E-state index in [-0.39, 0.29) is 12.4 Å². The molecule has 3 rings (SSSR count). The molecule has 0 aliphatic carbocycles. The van der Waals surface area contributed by atoms with E-state index in [1.165, 1.54) is 12.1 Å². The van der Waals surface area contributed by atoms with Crippen LogP contribution < -0.4 is 10.2 Å². The molecule has 5 nitrogen and oxygen atoms in total. The summed E-state index contributed by atoms with van der Waals surface area (Å²) in [6.45, 7) is 1.62. The lowest BCUT2D eigenvalue weighted by atomic mass is 10.1. The average Bonchev–Trinajstić information content (AvgIpc) is 2.90. The highest BCUT2D eigenvalue weighted by Gasteiger charge is 2.07. The van der Waals surface area contributed by atoms with Crippen LogP contribution in [0.25, 0.3) is 10.9 Å². The normalized spacial score (nSPS) is 11.1. The third kappa shape index (κ3) is 3.43. The van der Waals surface area contributed by atoms with Crippen LogP contribution in [0.4, 0.5) is 4.39 Å². The number of nitrogens with one attached hydrogen (secondary N) is 2. The maximum absolute atomic E-state index is 13.4. The number of carbonyl (C=O) groups is 1. The lowest BCUT2D eigenvalue weighted by Crippen LogP contribution is -2.24. The summed E-state index contributed by atoms with van der Waals surface area (Å²) in [5, 5.41) is 4.96. The Morgan fingerprint density at radius 1 is 1.25 bits per heavy atom. The van der Waals surface area contributed by atoms with Crippen molar-refractivity contribution in [2.75, 3.05) is 6.61 Å². The number of carbonyl (C=O) groups excluding carboxylic acids is 1. The van der Waals surface area contributed by atoms with Gasteiger partial charge in [0, 0.05) is 22.2 Å². The summed E-state index contributed by atoms with van der Waals surface area (Å²) in [5.41, 5.74) is 5.24. The molecule has 24 heavy (non-hydrogen) atoms. The topological polar surface area (TPSA) is 66.5 Å². The Hall–Kier alpha value is -3.15. The molecule has 0 spiro atoms. The largest absolute Gasteiger partial charge is 0.481 e. The number of halogens is 1. The number of rotatable bonds is 5. The second-order valence-corrected chi connectivity index (χ2v) is 5.22. The van der Waals surface area contributed by atoms with Crippen LogP contribution >= 0.6 is 0 Å². The van der Waals surface area contributed by atoms with Crippen molar-refractivity contribution in [2.45, 2.75) is 6.92 Å². The third-order valence-electron chi connectivity index (χ3n) is 3.52. The van der Waals surface area contributed by atoms with Crippen molar-refractivity contribution in [3.8, 4) is 5.75 Å². The number of hydrogen-bond acceptors (Lipinski definition) is 3. The van der Waals surface area contributed by atoms with Crippen molar-refractivity contribution in [2.24, 2.45) is 5.10 Å². The Morgan fingerprint density at radius 3 is 2.83 bits per heavy atom. The van der Waals surface area contributed by atoms with Crippen molar-refractivity contribution >= 4 is 23.0 Å². The molecule has 1 amide bonds. The number of benzene rings is 2. The minimum atomic E-state index is -0.511. The first-order chi connectivity index (χ1) is 11.6. The lowest BCUT2D eigenvalue weighted by Gasteiger charge is -2.05. The Labute approximate surface area is 138 Å². The first-order valence-electron chi connectivity index (χ1n) is 7.41. The van der Waals surface area contributed by atoms with Gasteiger partial charge < -0.3 is 9.72 Å². The van der Waals surface area contributed by atoms with Crippen LogP contribution in [0, 0.1) is 12.7 Å². The average molecular weight is 325 g/mol. The number of aromatic nitrogens is 1. The van der Waals surface area contributed by atoms with Gasteiger partial charge >= 0.3 is 0 Å². The summed E-state index contributed by atoms with van der Waals surface area (Å²) in [7, 11) is 0. The minimum absolute atomic E-state index is 0.0316. The summed E-state index contributed by atoms with van der Waals surface area (Å²) in [6, 6.07) is 13.7. The van der Waals surface area contributed by atoms with Gasteiger partial charge in [-0.25, -0.2) is 9.82 Å². The molecule has 0 saturated heterocycles. The second kappa shape index (κ2) is 6.95. The fourth-order valence-corrected chi connectivity index (χ4v) is 2.37. The van der Waals surface area contributed by atoms with E-state index in [0.29, 0.717) is 0 Å². The summed E-state index contributed by atoms with van der Waals surface area (Å²) in [5.74, 6) is -0.945. The summed E-state index contributed by atoms with van der Waals surface area (Å²) in [6.07, 6.45) is 1.58. The lowest BCUT2D eigenvalue weighted by molar-refractivity contribution is -0.123. The van der Waals surface area contributed by atoms with Gasteiger partial charge in [0.2, 0.25) is 0 Å². The number of ether oxygens (including phenoxy) is 1. The standard InChI is InChI=1S/C18H16FN3O2/c1-12-14(13-6-2-4-8-16(13)21-12)10-20-22-18(23)11-24-17-9-5-3-7-15(17)19/h2-10,21H,11H2,1H3,(H,22,23)/b20-10+. The maximum Gasteiger partial charge on any atom is 0.277 e. The molecular formula is C18H16FN3O2. The zero-order valence-corrected chi connectivity index (χ0v) is 13.0. The maximum atomic E-state index is 13.4. The molecule has 3 aromatic rings. The van der Waals surface area contributed by atoms with Crippen LogP contribution in [-0.2, 0) is 4.79 Å². The van der Waals surface area contributed by atoms with Crippen molar-refractivity contribution in [3.63, 3.8) is 0 Å². The summed E-state index contributed by atoms with van der Waals surface area (Å²) < 4.78 is 18.5. The second-order valence-electron chi connectivity index (χ2n) is 5.22. The first kappa shape index (κ1) is 15.7. The van der Waals surface area contributed by atoms with E-state index in [4.69, 9.17) is 4.74 Å². The predicted molar refractivity (Wildman–Crippen MR) is 90.7 cm³/mol. The quantitative estimate of drug-likeness (QED) is 0.559. The molecule has 0 saturated carbocycles. The van der Waals surface area contributed by atoms with E-state index < -0.39 is 11.7 Å². The summed E-state index contributed by atoms with van der Waals surface area (Å²) >= 11 is 0. The number of para-hydroxylation sites is 2. The van der Waals surface area contributed by atoms with E-state index in [0.717, 1.165) is 22.2 Å². The Bertz CT molecular complexity index is 902. The van der Waals surface area contributed by atoms with Crippen molar-refractivity contribution in [1.82, 2.24) is 10.4 Å². The van der Waals surface area contributed by atoms with Gasteiger partial charge in [0.05, 0.1) is 6.21 Å². The highest BCUT2D eigenvalue weighted by atomic mass is 19.1. The van der Waals surface area contributed by atoms with Gasteiger partial charge in [-0.1, -0.05) is 30.3 Å². The highest BCUT2D eigenvalue weighted by molar-refractivity contribution is 6.00. The van der Waals surface area contributed by atoms with Gasteiger partial charge in [0.25, 0.3) is 5.91 Å². The molecule has 2 N–H and O–H groups in total. The highest BCUT2D eigenvalue weighted by Crippen LogP contribution is 2.19. The molecule has 2 aromatic carbocycles. The molecule has 0 aliphatic heterocycles. The first-order valence-corrected chi connectivity index (χ1v) is 7.41. The van der Waals surface area contributed by atoms with E-state index in [9.17, 15) is 9.18 Å². The fraction of sp³-hybridized carbons (Fsp3) is 0.111. The van der Waals surface area contributed by atoms with Crippen LogP contribution in [0.5, 0.6) is 5.75 Å². The van der Waals surface area contributed by atoms with Crippen molar-refractivity contribution < 1.29 is 13.9 Å². The van der Waals surface area contributed by atoms with E-state index in [2.05, 4.69) is 15.5 Å². The molecule has 0 bridgehead atoms.